The van der Waals surface area contributed by atoms with Crippen LogP contribution in [0.25, 0.3) is 0 Å². The van der Waals surface area contributed by atoms with Crippen LogP contribution in [0.2, 0.25) is 0 Å². The van der Waals surface area contributed by atoms with E-state index in [2.05, 4.69) is 12.2 Å². The van der Waals surface area contributed by atoms with Gasteiger partial charge in [0, 0.05) is 32.6 Å². The van der Waals surface area contributed by atoms with Crippen LogP contribution in [0.15, 0.2) is 0 Å². The number of nitrogens with zero attached hydrogens (tertiary/aromatic N) is 1. The molecule has 0 aromatic heterocycles. The number of amides is 1. The van der Waals surface area contributed by atoms with Gasteiger partial charge in [0.15, 0.2) is 0 Å². The minimum atomic E-state index is 0.207. The minimum Gasteiger partial charge on any atom is -0.337 e. The molecule has 3 nitrogen and oxygen atoms in total. The van der Waals surface area contributed by atoms with Crippen molar-refractivity contribution in [3.05, 3.63) is 0 Å². The molecule has 1 rings (SSSR count). The highest BCUT2D eigenvalue weighted by Gasteiger charge is 2.21. The molecule has 1 aliphatic heterocycles. The van der Waals surface area contributed by atoms with E-state index in [0.717, 1.165) is 26.1 Å². The molecule has 0 radical (unpaired) electrons. The normalized spacial score (nSPS) is 25.3. The van der Waals surface area contributed by atoms with Gasteiger partial charge in [-0.1, -0.05) is 6.92 Å². The fourth-order valence-corrected chi connectivity index (χ4v) is 1.54. The molecule has 1 amide bonds. The van der Waals surface area contributed by atoms with Crippen LogP contribution in [0.1, 0.15) is 20.3 Å². The zero-order valence-corrected chi connectivity index (χ0v) is 7.26. The summed E-state index contributed by atoms with van der Waals surface area (Å²) in [5.74, 6) is 0.207. The Hall–Kier alpha value is -0.570. The van der Waals surface area contributed by atoms with E-state index in [0.29, 0.717) is 6.04 Å². The smallest absolute Gasteiger partial charge is 0.219 e. The summed E-state index contributed by atoms with van der Waals surface area (Å²) in [6.07, 6.45) is 1.05. The highest BCUT2D eigenvalue weighted by atomic mass is 16.2. The molecule has 1 N–H and O–H groups in total. The van der Waals surface area contributed by atoms with Gasteiger partial charge in [-0.2, -0.15) is 0 Å². The lowest BCUT2D eigenvalue weighted by Crippen LogP contribution is -2.52. The Morgan fingerprint density at radius 1 is 1.73 bits per heavy atom. The molecule has 64 valence electrons. The Morgan fingerprint density at radius 2 is 2.45 bits per heavy atom. The summed E-state index contributed by atoms with van der Waals surface area (Å²) in [5, 5.41) is 3.28. The standard InChI is InChI=1S/C8H16N2O/c1-3-8-6-9-4-5-10(8)7(2)11/h8-9H,3-6H2,1-2H3/t8-/m0/s1. The molecule has 0 aromatic rings. The summed E-state index contributed by atoms with van der Waals surface area (Å²) < 4.78 is 0. The average molecular weight is 156 g/mol. The quantitative estimate of drug-likeness (QED) is 0.589. The van der Waals surface area contributed by atoms with Gasteiger partial charge in [0.05, 0.1) is 0 Å². The van der Waals surface area contributed by atoms with E-state index in [9.17, 15) is 4.79 Å². The lowest BCUT2D eigenvalue weighted by atomic mass is 10.1. The molecule has 0 aliphatic carbocycles. The van der Waals surface area contributed by atoms with Crippen molar-refractivity contribution in [1.29, 1.82) is 0 Å². The van der Waals surface area contributed by atoms with Gasteiger partial charge in [0.25, 0.3) is 0 Å². The van der Waals surface area contributed by atoms with Crippen LogP contribution in [0.5, 0.6) is 0 Å². The molecule has 0 bridgehead atoms. The Balaban J connectivity index is 2.51. The van der Waals surface area contributed by atoms with Crippen molar-refractivity contribution in [2.24, 2.45) is 0 Å². The van der Waals surface area contributed by atoms with Crippen molar-refractivity contribution in [2.75, 3.05) is 19.6 Å². The van der Waals surface area contributed by atoms with Gasteiger partial charge in [0.2, 0.25) is 5.91 Å². The van der Waals surface area contributed by atoms with E-state index in [-0.39, 0.29) is 5.91 Å². The van der Waals surface area contributed by atoms with E-state index in [1.165, 1.54) is 0 Å². The predicted molar refractivity (Wildman–Crippen MR) is 44.3 cm³/mol. The molecule has 3 heteroatoms. The van der Waals surface area contributed by atoms with Crippen LogP contribution in [0.3, 0.4) is 0 Å². The van der Waals surface area contributed by atoms with Crippen molar-refractivity contribution in [3.63, 3.8) is 0 Å². The summed E-state index contributed by atoms with van der Waals surface area (Å²) >= 11 is 0. The van der Waals surface area contributed by atoms with Gasteiger partial charge in [-0.3, -0.25) is 4.79 Å². The minimum absolute atomic E-state index is 0.207. The number of nitrogens with one attached hydrogen (secondary N) is 1. The number of piperazine rings is 1. The lowest BCUT2D eigenvalue weighted by Gasteiger charge is -2.34. The molecule has 11 heavy (non-hydrogen) atoms. The SMILES string of the molecule is CC[C@H]1CNCCN1C(C)=O. The Bertz CT molecular complexity index is 147. The summed E-state index contributed by atoms with van der Waals surface area (Å²) in [6, 6.07) is 0.418. The van der Waals surface area contributed by atoms with Gasteiger partial charge in [0.1, 0.15) is 0 Å². The molecule has 0 saturated carbocycles. The van der Waals surface area contributed by atoms with Crippen LogP contribution in [-0.4, -0.2) is 36.5 Å². The first-order chi connectivity index (χ1) is 5.25. The van der Waals surface area contributed by atoms with E-state index in [1.54, 1.807) is 6.92 Å². The van der Waals surface area contributed by atoms with Crippen LogP contribution >= 0.6 is 0 Å². The predicted octanol–water partition coefficient (Wildman–Crippen LogP) is 0.217. The van der Waals surface area contributed by atoms with Gasteiger partial charge in [-0.15, -0.1) is 0 Å². The van der Waals surface area contributed by atoms with E-state index in [1.807, 2.05) is 4.90 Å². The summed E-state index contributed by atoms with van der Waals surface area (Å²) in [7, 11) is 0. The first kappa shape index (κ1) is 8.53. The average Bonchev–Trinajstić information content (AvgIpc) is 2.04. The molecule has 1 saturated heterocycles. The van der Waals surface area contributed by atoms with Crippen molar-refractivity contribution < 1.29 is 4.79 Å². The number of hydrogen-bond acceptors (Lipinski definition) is 2. The number of rotatable bonds is 1. The Kier molecular flexibility index (Phi) is 2.88. The highest BCUT2D eigenvalue weighted by Crippen LogP contribution is 2.06. The van der Waals surface area contributed by atoms with Crippen LogP contribution in [0.4, 0.5) is 0 Å². The number of hydrogen-bond donors (Lipinski definition) is 1. The second kappa shape index (κ2) is 3.72. The van der Waals surface area contributed by atoms with Gasteiger partial charge < -0.3 is 10.2 Å². The molecule has 1 atom stereocenters. The number of carbonyl (C=O) groups is 1. The maximum Gasteiger partial charge on any atom is 0.219 e. The third kappa shape index (κ3) is 1.93. The monoisotopic (exact) mass is 156 g/mol. The zero-order valence-electron chi connectivity index (χ0n) is 7.26. The van der Waals surface area contributed by atoms with Crippen LogP contribution in [0, 0.1) is 0 Å². The van der Waals surface area contributed by atoms with E-state index >= 15 is 0 Å². The second-order valence-corrected chi connectivity index (χ2v) is 2.98. The largest absolute Gasteiger partial charge is 0.337 e. The maximum atomic E-state index is 11.1. The molecule has 1 fully saturated rings. The van der Waals surface area contributed by atoms with Crippen molar-refractivity contribution >= 4 is 5.91 Å². The Morgan fingerprint density at radius 3 is 2.91 bits per heavy atom. The lowest BCUT2D eigenvalue weighted by molar-refractivity contribution is -0.132. The molecule has 0 spiro atoms. The summed E-state index contributed by atoms with van der Waals surface area (Å²) in [4.78, 5) is 13.0. The fourth-order valence-electron chi connectivity index (χ4n) is 1.54. The Labute approximate surface area is 67.8 Å². The van der Waals surface area contributed by atoms with Crippen LogP contribution < -0.4 is 5.32 Å². The zero-order chi connectivity index (χ0) is 8.27. The molecule has 1 aliphatic rings. The third-order valence-electron chi connectivity index (χ3n) is 2.23. The summed E-state index contributed by atoms with van der Waals surface area (Å²) in [6.45, 7) is 6.53. The topological polar surface area (TPSA) is 32.3 Å². The first-order valence-electron chi connectivity index (χ1n) is 4.23. The van der Waals surface area contributed by atoms with Crippen LogP contribution in [-0.2, 0) is 4.79 Å². The molecule has 0 aromatic carbocycles. The second-order valence-electron chi connectivity index (χ2n) is 2.98. The fraction of sp³-hybridized carbons (Fsp3) is 0.875. The molecular formula is C8H16N2O. The van der Waals surface area contributed by atoms with E-state index in [4.69, 9.17) is 0 Å². The van der Waals surface area contributed by atoms with Crippen molar-refractivity contribution in [1.82, 2.24) is 10.2 Å². The first-order valence-corrected chi connectivity index (χ1v) is 4.23. The molecule has 0 unspecified atom stereocenters. The third-order valence-corrected chi connectivity index (χ3v) is 2.23. The van der Waals surface area contributed by atoms with Gasteiger partial charge in [-0.25, -0.2) is 0 Å². The highest BCUT2D eigenvalue weighted by molar-refractivity contribution is 5.73. The molecule has 1 heterocycles. The van der Waals surface area contributed by atoms with Gasteiger partial charge >= 0.3 is 0 Å². The van der Waals surface area contributed by atoms with Crippen molar-refractivity contribution in [3.8, 4) is 0 Å². The number of carbonyl (C=O) groups excluding carboxylic acids is 1. The molecular weight excluding hydrogens is 140 g/mol. The van der Waals surface area contributed by atoms with Gasteiger partial charge in [-0.05, 0) is 6.42 Å². The van der Waals surface area contributed by atoms with Crippen molar-refractivity contribution in [2.45, 2.75) is 26.3 Å². The van der Waals surface area contributed by atoms with E-state index < -0.39 is 0 Å². The summed E-state index contributed by atoms with van der Waals surface area (Å²) in [5.41, 5.74) is 0. The maximum absolute atomic E-state index is 11.1.